The van der Waals surface area contributed by atoms with Gasteiger partial charge in [-0.1, -0.05) is 51.1 Å². The van der Waals surface area contributed by atoms with E-state index in [1.807, 2.05) is 50.1 Å². The van der Waals surface area contributed by atoms with E-state index in [1.54, 1.807) is 49.4 Å². The maximum absolute atomic E-state index is 16.2. The van der Waals surface area contributed by atoms with Crippen molar-refractivity contribution in [1.29, 1.82) is 0 Å². The summed E-state index contributed by atoms with van der Waals surface area (Å²) in [5.41, 5.74) is 2.85. The Balaban J connectivity index is 1.34. The van der Waals surface area contributed by atoms with E-state index < -0.39 is 64.6 Å². The normalized spacial score (nSPS) is 26.0. The summed E-state index contributed by atoms with van der Waals surface area (Å²) in [4.78, 5) is 38.6. The number of hydroxylamine groups is 2. The van der Waals surface area contributed by atoms with Gasteiger partial charge in [0, 0.05) is 55.0 Å². The molecule has 0 radical (unpaired) electrons. The van der Waals surface area contributed by atoms with Crippen molar-refractivity contribution in [2.24, 2.45) is 29.1 Å². The first-order valence-electron chi connectivity index (χ1n) is 21.3. The average molecular weight is 881 g/mol. The lowest BCUT2D eigenvalue weighted by Crippen LogP contribution is -2.62. The van der Waals surface area contributed by atoms with E-state index >= 15 is 4.39 Å². The minimum absolute atomic E-state index is 0.0737. The van der Waals surface area contributed by atoms with Crippen LogP contribution in [0.25, 0.3) is 11.1 Å². The van der Waals surface area contributed by atoms with Crippen LogP contribution < -0.4 is 25.0 Å². The molecule has 340 valence electrons. The summed E-state index contributed by atoms with van der Waals surface area (Å²) >= 11 is 0. The van der Waals surface area contributed by atoms with Gasteiger partial charge in [0.15, 0.2) is 0 Å². The fourth-order valence-electron chi connectivity index (χ4n) is 10.2. The Morgan fingerprint density at radius 3 is 2.32 bits per heavy atom. The molecule has 4 aliphatic rings. The van der Waals surface area contributed by atoms with E-state index in [4.69, 9.17) is 9.57 Å². The van der Waals surface area contributed by atoms with Crippen LogP contribution in [-0.2, 0) is 26.2 Å². The number of nitrogens with one attached hydrogen (secondary N) is 3. The molecule has 3 aromatic carbocycles. The molecule has 1 heterocycles. The van der Waals surface area contributed by atoms with Crippen LogP contribution in [0.2, 0.25) is 0 Å². The van der Waals surface area contributed by atoms with Gasteiger partial charge in [0.05, 0.1) is 44.7 Å². The lowest BCUT2D eigenvalue weighted by Gasteiger charge is -2.62. The first-order valence-corrected chi connectivity index (χ1v) is 23.2. The Morgan fingerprint density at radius 2 is 1.76 bits per heavy atom. The van der Waals surface area contributed by atoms with Gasteiger partial charge >= 0.3 is 0 Å². The number of halogens is 1. The molecular formula is C46H65FN6O8S. The monoisotopic (exact) mass is 880 g/mol. The van der Waals surface area contributed by atoms with Gasteiger partial charge in [-0.05, 0) is 98.5 Å². The Labute approximate surface area is 366 Å². The molecule has 1 aliphatic heterocycles. The number of carbonyl (C=O) groups excluding carboxylic acids is 2. The summed E-state index contributed by atoms with van der Waals surface area (Å²) in [6.07, 6.45) is 1.08. The Hall–Kier alpha value is -4.16. The molecule has 16 heteroatoms. The van der Waals surface area contributed by atoms with Crippen molar-refractivity contribution in [3.8, 4) is 16.9 Å². The molecule has 0 unspecified atom stereocenters. The number of hydrogen-bond acceptors (Lipinski definition) is 11. The molecule has 7 rings (SSSR count). The van der Waals surface area contributed by atoms with E-state index in [0.717, 1.165) is 19.1 Å². The van der Waals surface area contributed by atoms with Crippen LogP contribution in [0, 0.1) is 34.9 Å². The van der Waals surface area contributed by atoms with Crippen molar-refractivity contribution >= 4 is 27.5 Å². The molecule has 0 aromatic heterocycles. The number of hydrogen-bond donors (Lipinski definition) is 5. The van der Waals surface area contributed by atoms with Gasteiger partial charge in [0.2, 0.25) is 15.9 Å². The Morgan fingerprint density at radius 1 is 1.06 bits per heavy atom. The third kappa shape index (κ3) is 9.96. The minimum Gasteiger partial charge on any atom is -0.496 e. The van der Waals surface area contributed by atoms with E-state index in [9.17, 15) is 28.2 Å². The van der Waals surface area contributed by atoms with Crippen LogP contribution in [-0.4, -0.2) is 125 Å². The van der Waals surface area contributed by atoms with Crippen molar-refractivity contribution < 1.29 is 42.2 Å². The van der Waals surface area contributed by atoms with Crippen molar-refractivity contribution in [1.82, 2.24) is 25.3 Å². The average Bonchev–Trinajstić information content (AvgIpc) is 3.59. The number of rotatable bonds is 17. The molecule has 2 bridgehead atoms. The predicted molar refractivity (Wildman–Crippen MR) is 237 cm³/mol. The van der Waals surface area contributed by atoms with Crippen LogP contribution in [0.15, 0.2) is 60.7 Å². The molecule has 0 spiro atoms. The number of sulfonamides is 1. The molecule has 4 fully saturated rings. The quantitative estimate of drug-likeness (QED) is 0.132. The number of nitrogens with zero attached hydrogens (tertiary/aromatic N) is 3. The highest BCUT2D eigenvalue weighted by atomic mass is 32.2. The second kappa shape index (κ2) is 18.9. The van der Waals surface area contributed by atoms with Gasteiger partial charge < -0.3 is 35.4 Å². The summed E-state index contributed by atoms with van der Waals surface area (Å²) in [6.45, 7) is 7.87. The van der Waals surface area contributed by atoms with Crippen molar-refractivity contribution in [2.45, 2.75) is 83.5 Å². The molecule has 62 heavy (non-hydrogen) atoms. The summed E-state index contributed by atoms with van der Waals surface area (Å²) in [7, 11) is 5.04. The summed E-state index contributed by atoms with van der Waals surface area (Å²) < 4.78 is 50.1. The van der Waals surface area contributed by atoms with Crippen LogP contribution in [0.4, 0.5) is 10.1 Å². The lowest BCUT2D eigenvalue weighted by molar-refractivity contribution is -0.183. The Kier molecular flexibility index (Phi) is 14.4. The molecule has 2 amide bonds. The number of fused-ring (bicyclic) bond motifs is 2. The van der Waals surface area contributed by atoms with Gasteiger partial charge in [-0.2, -0.15) is 5.06 Å². The predicted octanol–water partition coefficient (Wildman–Crippen LogP) is 4.18. The zero-order chi connectivity index (χ0) is 45.4. The second-order valence-electron chi connectivity index (χ2n) is 18.6. The van der Waals surface area contributed by atoms with Crippen molar-refractivity contribution in [2.75, 3.05) is 59.6 Å². The largest absolute Gasteiger partial charge is 0.496 e. The van der Waals surface area contributed by atoms with Gasteiger partial charge in [-0.15, -0.1) is 0 Å². The van der Waals surface area contributed by atoms with Gasteiger partial charge in [-0.3, -0.25) is 14.4 Å². The third-order valence-corrected chi connectivity index (χ3v) is 14.3. The number of carbonyl (C=O) groups is 2. The number of aliphatic hydroxyl groups is 2. The summed E-state index contributed by atoms with van der Waals surface area (Å²) in [5.74, 6) is -0.924. The third-order valence-electron chi connectivity index (χ3n) is 13.6. The highest BCUT2D eigenvalue weighted by Gasteiger charge is 2.57. The van der Waals surface area contributed by atoms with Crippen LogP contribution in [0.1, 0.15) is 68.1 Å². The van der Waals surface area contributed by atoms with E-state index in [1.165, 1.54) is 18.2 Å². The molecule has 10 atom stereocenters. The standard InChI is InChI=1S/C46H65FN6O8S/c1-26-35-21-31(46(35,3)4)22-37(26)48-45(57)42-40(27(2)55)39(25-54)61-53(42)23-34-36(47)17-16-33(43(34)60-9)29-18-30(20-32(19-29)52(7)8)44(56)49-38(24-51(5)6)41(50-62(10,58)59)28-14-12-11-13-15-28/h11-20,26-27,31,35,37-42,50,54-55H,21-25H2,1-10H3,(H,48,57)(H,49,56)/t26-,27-,31-,35+,37-,38+,39-,40+,41-,42-/m0/s1. The molecule has 5 N–H and O–H groups in total. The molecule has 14 nitrogen and oxygen atoms in total. The van der Waals surface area contributed by atoms with Crippen LogP contribution in [0.3, 0.4) is 0 Å². The van der Waals surface area contributed by atoms with Gasteiger partial charge in [0.25, 0.3) is 5.91 Å². The molecule has 1 saturated heterocycles. The number of aliphatic hydroxyl groups excluding tert-OH is 2. The molecule has 3 aliphatic carbocycles. The van der Waals surface area contributed by atoms with Gasteiger partial charge in [0.1, 0.15) is 23.7 Å². The maximum Gasteiger partial charge on any atom is 0.251 e. The van der Waals surface area contributed by atoms with Crippen molar-refractivity contribution in [3.05, 3.63) is 83.2 Å². The first-order chi connectivity index (χ1) is 29.1. The molecular weight excluding hydrogens is 816 g/mol. The number of benzene rings is 3. The number of methoxy groups -OCH3 is 1. The Bertz CT molecular complexity index is 2190. The summed E-state index contributed by atoms with van der Waals surface area (Å²) in [6, 6.07) is 14.5. The molecule has 3 saturated carbocycles. The topological polar surface area (TPSA) is 173 Å². The van der Waals surface area contributed by atoms with E-state index in [2.05, 4.69) is 36.1 Å². The highest BCUT2D eigenvalue weighted by molar-refractivity contribution is 7.88. The highest BCUT2D eigenvalue weighted by Crippen LogP contribution is 2.61. The van der Waals surface area contributed by atoms with Gasteiger partial charge in [-0.25, -0.2) is 17.5 Å². The fraction of sp³-hybridized carbons (Fsp3) is 0.565. The van der Waals surface area contributed by atoms with E-state index in [-0.39, 0.29) is 46.7 Å². The van der Waals surface area contributed by atoms with Crippen LogP contribution >= 0.6 is 0 Å². The lowest BCUT2D eigenvalue weighted by atomic mass is 9.45. The number of amides is 2. The molecule has 3 aromatic rings. The SMILES string of the molecule is COc1c(-c2cc(C(=O)N[C@H](CN(C)C)[C@@H](NS(C)(=O)=O)c3ccccc3)cc(N(C)C)c2)ccc(F)c1CN1O[C@@H](CO)[C@@H]([C@H](C)O)[C@H]1C(=O)N[C@H]1C[C@@H]2C[C@H]([C@@H]1C)C2(C)C. The second-order valence-corrected chi connectivity index (χ2v) is 20.4. The van der Waals surface area contributed by atoms with E-state index in [0.29, 0.717) is 40.8 Å². The number of ether oxygens (including phenoxy) is 1. The van der Waals surface area contributed by atoms with Crippen LogP contribution in [0.5, 0.6) is 5.75 Å². The van der Waals surface area contributed by atoms with Crippen molar-refractivity contribution in [3.63, 3.8) is 0 Å². The first kappa shape index (κ1) is 47.3. The zero-order valence-corrected chi connectivity index (χ0v) is 38.4. The maximum atomic E-state index is 16.2. The fourth-order valence-corrected chi connectivity index (χ4v) is 10.9. The smallest absolute Gasteiger partial charge is 0.251 e. The number of likely N-dealkylation sites (N-methyl/N-ethyl adjacent to an activating group) is 1. The minimum atomic E-state index is -3.70. The summed E-state index contributed by atoms with van der Waals surface area (Å²) in [5, 5.41) is 29.1. The number of anilines is 1. The zero-order valence-electron chi connectivity index (χ0n) is 37.6.